The molecule has 0 N–H and O–H groups in total. The summed E-state index contributed by atoms with van der Waals surface area (Å²) in [6.45, 7) is 2.57. The summed E-state index contributed by atoms with van der Waals surface area (Å²) in [7, 11) is -2.01. The van der Waals surface area contributed by atoms with E-state index in [0.29, 0.717) is 18.8 Å². The molecule has 3 aromatic rings. The van der Waals surface area contributed by atoms with E-state index >= 15 is 0 Å². The fraction of sp³-hybridized carbons (Fsp3) is 0.368. The Morgan fingerprint density at radius 1 is 1.28 bits per heavy atom. The molecule has 0 amide bonds. The summed E-state index contributed by atoms with van der Waals surface area (Å²) in [5, 5.41) is 7.43. The van der Waals surface area contributed by atoms with E-state index in [-0.39, 0.29) is 16.0 Å². The van der Waals surface area contributed by atoms with E-state index in [4.69, 9.17) is 16.6 Å². The lowest BCUT2D eigenvalue weighted by Gasteiger charge is -2.30. The molecule has 0 unspecified atom stereocenters. The van der Waals surface area contributed by atoms with Gasteiger partial charge >= 0.3 is 0 Å². The van der Waals surface area contributed by atoms with Gasteiger partial charge in [-0.1, -0.05) is 39.7 Å². The fourth-order valence-electron chi connectivity index (χ4n) is 3.63. The third-order valence-corrected chi connectivity index (χ3v) is 9.24. The molecule has 1 aromatic carbocycles. The highest BCUT2D eigenvalue weighted by atomic mass is 79.9. The number of sulfonamides is 1. The number of nitrogens with zero attached hydrogens (tertiary/aromatic N) is 4. The molecule has 154 valence electrons. The molecule has 3 heterocycles. The van der Waals surface area contributed by atoms with Crippen molar-refractivity contribution in [1.82, 2.24) is 19.1 Å². The van der Waals surface area contributed by atoms with Crippen molar-refractivity contribution in [2.75, 3.05) is 13.1 Å². The molecule has 4 rings (SSSR count). The van der Waals surface area contributed by atoms with Crippen molar-refractivity contribution in [3.05, 3.63) is 50.0 Å². The van der Waals surface area contributed by atoms with E-state index in [0.717, 1.165) is 33.6 Å². The van der Waals surface area contributed by atoms with Gasteiger partial charge in [0.05, 0.1) is 16.4 Å². The number of aromatic nitrogens is 3. The summed E-state index contributed by atoms with van der Waals surface area (Å²) in [5.41, 5.74) is 2.46. The zero-order chi connectivity index (χ0) is 20.8. The zero-order valence-electron chi connectivity index (χ0n) is 16.0. The zero-order valence-corrected chi connectivity index (χ0v) is 19.9. The van der Waals surface area contributed by atoms with Crippen LogP contribution in [0, 0.1) is 6.92 Å². The van der Waals surface area contributed by atoms with Gasteiger partial charge in [0.15, 0.2) is 0 Å². The molecule has 0 bridgehead atoms. The number of hydrogen-bond donors (Lipinski definition) is 0. The van der Waals surface area contributed by atoms with Gasteiger partial charge in [0, 0.05) is 41.5 Å². The second-order valence-electron chi connectivity index (χ2n) is 7.09. The fourth-order valence-corrected chi connectivity index (χ4v) is 7.21. The molecule has 29 heavy (non-hydrogen) atoms. The number of piperidine rings is 1. The van der Waals surface area contributed by atoms with Crippen LogP contribution in [0.3, 0.4) is 0 Å². The van der Waals surface area contributed by atoms with Crippen molar-refractivity contribution in [3.8, 4) is 11.3 Å². The van der Waals surface area contributed by atoms with Crippen LogP contribution in [0.4, 0.5) is 0 Å². The van der Waals surface area contributed by atoms with E-state index in [1.807, 2.05) is 24.3 Å². The Morgan fingerprint density at radius 3 is 2.62 bits per heavy atom. The van der Waals surface area contributed by atoms with Crippen molar-refractivity contribution in [3.63, 3.8) is 0 Å². The van der Waals surface area contributed by atoms with E-state index in [9.17, 15) is 8.42 Å². The minimum absolute atomic E-state index is 0.117. The number of halogens is 2. The van der Waals surface area contributed by atoms with Crippen LogP contribution in [0.1, 0.15) is 29.5 Å². The molecule has 0 saturated carbocycles. The molecule has 0 spiro atoms. The first-order chi connectivity index (χ1) is 13.8. The van der Waals surface area contributed by atoms with Gasteiger partial charge in [-0.2, -0.15) is 9.40 Å². The topological polar surface area (TPSA) is 68.1 Å². The van der Waals surface area contributed by atoms with Gasteiger partial charge in [-0.25, -0.2) is 13.4 Å². The molecule has 2 aromatic heterocycles. The van der Waals surface area contributed by atoms with Crippen LogP contribution in [0.25, 0.3) is 11.3 Å². The molecule has 1 aliphatic rings. The molecule has 10 heteroatoms. The average Bonchev–Trinajstić information content (AvgIpc) is 3.27. The van der Waals surface area contributed by atoms with Crippen LogP contribution in [0.5, 0.6) is 0 Å². The van der Waals surface area contributed by atoms with Crippen molar-refractivity contribution in [1.29, 1.82) is 0 Å². The van der Waals surface area contributed by atoms with E-state index in [2.05, 4.69) is 26.4 Å². The molecule has 0 aliphatic carbocycles. The second-order valence-corrected chi connectivity index (χ2v) is 11.1. The Hall–Kier alpha value is -1.26. The standard InChI is InChI=1S/C19H20BrClN4O2S2/c1-12-17(18(21)24(2)23-12)29(26,27)25-8-6-13(7-9-25)19-22-16(11-28-19)14-4-3-5-15(20)10-14/h3-5,10-11,13H,6-9H2,1-2H3. The smallest absolute Gasteiger partial charge is 0.248 e. The summed E-state index contributed by atoms with van der Waals surface area (Å²) < 4.78 is 30.1. The second kappa shape index (κ2) is 8.11. The summed E-state index contributed by atoms with van der Waals surface area (Å²) >= 11 is 11.3. The van der Waals surface area contributed by atoms with Crippen LogP contribution < -0.4 is 0 Å². The number of rotatable bonds is 4. The van der Waals surface area contributed by atoms with Crippen LogP contribution in [-0.4, -0.2) is 40.6 Å². The Bertz CT molecular complexity index is 1150. The van der Waals surface area contributed by atoms with Crippen LogP contribution in [0.15, 0.2) is 39.0 Å². The molecule has 0 radical (unpaired) electrons. The lowest BCUT2D eigenvalue weighted by atomic mass is 9.99. The Kier molecular flexibility index (Phi) is 5.87. The third kappa shape index (κ3) is 4.03. The molecular weight excluding hydrogens is 496 g/mol. The molecule has 6 nitrogen and oxygen atoms in total. The first-order valence-electron chi connectivity index (χ1n) is 9.18. The van der Waals surface area contributed by atoms with Gasteiger partial charge in [0.1, 0.15) is 10.0 Å². The lowest BCUT2D eigenvalue weighted by Crippen LogP contribution is -2.38. The van der Waals surface area contributed by atoms with Crippen LogP contribution in [0.2, 0.25) is 5.15 Å². The third-order valence-electron chi connectivity index (χ3n) is 5.14. The molecular formula is C19H20BrClN4O2S2. The van der Waals surface area contributed by atoms with E-state index in [1.54, 1.807) is 25.3 Å². The highest BCUT2D eigenvalue weighted by Crippen LogP contribution is 2.36. The average molecular weight is 516 g/mol. The van der Waals surface area contributed by atoms with Gasteiger partial charge in [-0.15, -0.1) is 11.3 Å². The minimum atomic E-state index is -3.65. The maximum atomic E-state index is 13.1. The van der Waals surface area contributed by atoms with Crippen LogP contribution >= 0.6 is 38.9 Å². The summed E-state index contributed by atoms with van der Waals surface area (Å²) in [6, 6.07) is 8.07. The predicted molar refractivity (Wildman–Crippen MR) is 119 cm³/mol. The SMILES string of the molecule is Cc1nn(C)c(Cl)c1S(=O)(=O)N1CCC(c2nc(-c3cccc(Br)c3)cs2)CC1. The lowest BCUT2D eigenvalue weighted by molar-refractivity contribution is 0.319. The highest BCUT2D eigenvalue weighted by molar-refractivity contribution is 9.10. The normalized spacial score (nSPS) is 16.4. The number of hydrogen-bond acceptors (Lipinski definition) is 5. The summed E-state index contributed by atoms with van der Waals surface area (Å²) in [4.78, 5) is 4.93. The molecule has 0 atom stereocenters. The Labute approximate surface area is 187 Å². The van der Waals surface area contributed by atoms with Crippen molar-refractivity contribution in [2.45, 2.75) is 30.6 Å². The monoisotopic (exact) mass is 514 g/mol. The summed E-state index contributed by atoms with van der Waals surface area (Å²) in [6.07, 6.45) is 1.48. The molecule has 1 saturated heterocycles. The van der Waals surface area contributed by atoms with Crippen molar-refractivity contribution >= 4 is 48.9 Å². The Balaban J connectivity index is 1.49. The van der Waals surface area contributed by atoms with Gasteiger partial charge in [0.25, 0.3) is 0 Å². The van der Waals surface area contributed by atoms with Gasteiger partial charge in [0.2, 0.25) is 10.0 Å². The molecule has 1 aliphatic heterocycles. The largest absolute Gasteiger partial charge is 0.255 e. The predicted octanol–water partition coefficient (Wildman–Crippen LogP) is 4.84. The van der Waals surface area contributed by atoms with Gasteiger partial charge in [-0.3, -0.25) is 4.68 Å². The highest BCUT2D eigenvalue weighted by Gasteiger charge is 2.35. The van der Waals surface area contributed by atoms with E-state index < -0.39 is 10.0 Å². The van der Waals surface area contributed by atoms with E-state index in [1.165, 1.54) is 8.99 Å². The maximum Gasteiger partial charge on any atom is 0.248 e. The van der Waals surface area contributed by atoms with Gasteiger partial charge in [-0.05, 0) is 31.9 Å². The quantitative estimate of drug-likeness (QED) is 0.499. The van der Waals surface area contributed by atoms with Crippen molar-refractivity contribution < 1.29 is 8.42 Å². The first-order valence-corrected chi connectivity index (χ1v) is 12.7. The number of thiazole rings is 1. The first kappa shape index (κ1) is 21.0. The summed E-state index contributed by atoms with van der Waals surface area (Å²) in [5.74, 6) is 0.262. The number of benzene rings is 1. The maximum absolute atomic E-state index is 13.1. The minimum Gasteiger partial charge on any atom is -0.255 e. The van der Waals surface area contributed by atoms with Gasteiger partial charge < -0.3 is 0 Å². The van der Waals surface area contributed by atoms with Crippen LogP contribution in [-0.2, 0) is 17.1 Å². The molecule has 1 fully saturated rings. The van der Waals surface area contributed by atoms with Crippen molar-refractivity contribution in [2.24, 2.45) is 7.05 Å². The Morgan fingerprint density at radius 2 is 2.00 bits per heavy atom. The number of aryl methyl sites for hydroxylation is 2.